The van der Waals surface area contributed by atoms with Crippen molar-refractivity contribution in [2.24, 2.45) is 11.8 Å². The molecule has 4 atom stereocenters. The van der Waals surface area contributed by atoms with Gasteiger partial charge in [-0.3, -0.25) is 9.59 Å². The van der Waals surface area contributed by atoms with E-state index in [2.05, 4.69) is 69.3 Å². The van der Waals surface area contributed by atoms with E-state index in [-0.39, 0.29) is 47.3 Å². The van der Waals surface area contributed by atoms with Crippen LogP contribution < -0.4 is 10.4 Å². The van der Waals surface area contributed by atoms with Gasteiger partial charge >= 0.3 is 5.97 Å². The minimum Gasteiger partial charge on any atom is -0.463 e. The lowest BCUT2D eigenvalue weighted by molar-refractivity contribution is -0.152. The summed E-state index contributed by atoms with van der Waals surface area (Å²) in [5.74, 6) is -0.566. The fourth-order valence-electron chi connectivity index (χ4n) is 5.85. The first-order valence-electron chi connectivity index (χ1n) is 12.9. The first-order valence-corrected chi connectivity index (χ1v) is 14.8. The molecule has 2 aliphatic rings. The summed E-state index contributed by atoms with van der Waals surface area (Å²) in [6, 6.07) is 21.0. The summed E-state index contributed by atoms with van der Waals surface area (Å²) < 4.78 is 13.1. The number of esters is 1. The monoisotopic (exact) mass is 490 g/mol. The third-order valence-corrected chi connectivity index (χ3v) is 12.6. The lowest BCUT2D eigenvalue weighted by Gasteiger charge is -2.47. The molecular weight excluding hydrogens is 452 g/mol. The van der Waals surface area contributed by atoms with Crippen LogP contribution in [0.3, 0.4) is 0 Å². The molecule has 1 fully saturated rings. The molecule has 186 valence electrons. The Morgan fingerprint density at radius 2 is 1.46 bits per heavy atom. The van der Waals surface area contributed by atoms with E-state index in [1.807, 2.05) is 25.1 Å². The molecule has 5 heteroatoms. The molecule has 1 saturated heterocycles. The van der Waals surface area contributed by atoms with Crippen LogP contribution in [-0.4, -0.2) is 32.3 Å². The molecule has 0 saturated carbocycles. The number of hydrogen-bond acceptors (Lipinski definition) is 4. The summed E-state index contributed by atoms with van der Waals surface area (Å²) in [5, 5.41) is 2.19. The second kappa shape index (κ2) is 10.6. The molecular formula is C30H38O4Si. The number of carbonyl (C=O) groups excluding carboxylic acids is 2. The first-order chi connectivity index (χ1) is 16.7. The van der Waals surface area contributed by atoms with Crippen LogP contribution in [0.25, 0.3) is 0 Å². The highest BCUT2D eigenvalue weighted by Gasteiger charge is 2.53. The van der Waals surface area contributed by atoms with Gasteiger partial charge in [0.1, 0.15) is 0 Å². The predicted molar refractivity (Wildman–Crippen MR) is 142 cm³/mol. The van der Waals surface area contributed by atoms with E-state index in [0.717, 1.165) is 25.7 Å². The van der Waals surface area contributed by atoms with E-state index in [4.69, 9.17) is 9.16 Å². The highest BCUT2D eigenvalue weighted by molar-refractivity contribution is 6.99. The lowest BCUT2D eigenvalue weighted by atomic mass is 9.75. The second-order valence-electron chi connectivity index (χ2n) is 11.1. The van der Waals surface area contributed by atoms with Crippen molar-refractivity contribution in [1.29, 1.82) is 0 Å². The average Bonchev–Trinajstić information content (AvgIpc) is 2.83. The number of carbonyl (C=O) groups is 2. The van der Waals surface area contributed by atoms with Gasteiger partial charge in [0, 0.05) is 11.8 Å². The molecule has 4 rings (SSSR count). The topological polar surface area (TPSA) is 52.6 Å². The summed E-state index contributed by atoms with van der Waals surface area (Å²) in [6.45, 7) is 8.70. The number of allylic oxidation sites excluding steroid dienone is 1. The minimum atomic E-state index is -2.84. The molecule has 2 aromatic rings. The quantitative estimate of drug-likeness (QED) is 0.437. The normalized spacial score (nSPS) is 26.1. The van der Waals surface area contributed by atoms with Gasteiger partial charge in [-0.15, -0.1) is 0 Å². The molecule has 0 unspecified atom stereocenters. The predicted octanol–water partition coefficient (Wildman–Crippen LogP) is 5.20. The van der Waals surface area contributed by atoms with Crippen molar-refractivity contribution in [2.45, 2.75) is 77.0 Å². The van der Waals surface area contributed by atoms with Crippen LogP contribution in [0.2, 0.25) is 5.04 Å². The summed E-state index contributed by atoms with van der Waals surface area (Å²) in [5.41, 5.74) is 0. The minimum absolute atomic E-state index is 0.0927. The Hall–Kier alpha value is -2.50. The largest absolute Gasteiger partial charge is 0.463 e. The molecule has 1 aliphatic carbocycles. The highest BCUT2D eigenvalue weighted by atomic mass is 28.4. The summed E-state index contributed by atoms with van der Waals surface area (Å²) in [4.78, 5) is 25.9. The summed E-state index contributed by atoms with van der Waals surface area (Å²) in [6.07, 6.45) is 6.91. The molecule has 0 N–H and O–H groups in total. The summed E-state index contributed by atoms with van der Waals surface area (Å²) in [7, 11) is -2.84. The van der Waals surface area contributed by atoms with Crippen molar-refractivity contribution in [3.8, 4) is 0 Å². The number of fused-ring (bicyclic) bond motifs is 1. The van der Waals surface area contributed by atoms with Crippen LogP contribution in [0, 0.1) is 11.8 Å². The van der Waals surface area contributed by atoms with Crippen molar-refractivity contribution in [3.05, 3.63) is 72.8 Å². The van der Waals surface area contributed by atoms with Gasteiger partial charge in [-0.05, 0) is 47.7 Å². The Morgan fingerprint density at radius 1 is 0.886 bits per heavy atom. The zero-order chi connectivity index (χ0) is 25.1. The Bertz CT molecular complexity index is 1000. The molecule has 1 heterocycles. The standard InChI is InChI=1S/C30H38O4Si/c1-22-13-11-12-18-25-26(21-29(32)33-22)28(20-19-27(25)31)34-35(30(2,3)4,23-14-7-5-8-15-23)24-16-9-6-10-17-24/h5-10,14-17,19-20,22,25-26,28H,11-13,18,21H2,1-4H3/t22-,25+,26+,28-/m0/s1. The zero-order valence-corrected chi connectivity index (χ0v) is 22.4. The van der Waals surface area contributed by atoms with Gasteiger partial charge in [-0.25, -0.2) is 0 Å². The summed E-state index contributed by atoms with van der Waals surface area (Å²) >= 11 is 0. The fourth-order valence-corrected chi connectivity index (χ4v) is 10.5. The Labute approximate surface area is 210 Å². The Morgan fingerprint density at radius 3 is 2.03 bits per heavy atom. The van der Waals surface area contributed by atoms with Crippen molar-refractivity contribution >= 4 is 30.4 Å². The van der Waals surface area contributed by atoms with E-state index in [0.29, 0.717) is 0 Å². The van der Waals surface area contributed by atoms with Gasteiger partial charge in [0.05, 0.1) is 18.6 Å². The molecule has 0 radical (unpaired) electrons. The highest BCUT2D eigenvalue weighted by Crippen LogP contribution is 2.41. The van der Waals surface area contributed by atoms with Gasteiger partial charge in [0.15, 0.2) is 5.78 Å². The maximum absolute atomic E-state index is 13.0. The Balaban J connectivity index is 1.81. The molecule has 0 bridgehead atoms. The van der Waals surface area contributed by atoms with E-state index in [1.165, 1.54) is 10.4 Å². The molecule has 0 aromatic heterocycles. The van der Waals surface area contributed by atoms with Gasteiger partial charge in [0.2, 0.25) is 0 Å². The third-order valence-electron chi connectivity index (χ3n) is 7.59. The molecule has 35 heavy (non-hydrogen) atoms. The van der Waals surface area contributed by atoms with E-state index >= 15 is 0 Å². The molecule has 1 aliphatic heterocycles. The number of ether oxygens (including phenoxy) is 1. The van der Waals surface area contributed by atoms with Crippen LogP contribution in [0.5, 0.6) is 0 Å². The second-order valence-corrected chi connectivity index (χ2v) is 15.3. The molecule has 0 amide bonds. The molecule has 4 nitrogen and oxygen atoms in total. The maximum atomic E-state index is 13.0. The van der Waals surface area contributed by atoms with Crippen molar-refractivity contribution < 1.29 is 18.8 Å². The van der Waals surface area contributed by atoms with E-state index in [1.54, 1.807) is 6.08 Å². The first kappa shape index (κ1) is 25.6. The number of rotatable bonds is 4. The van der Waals surface area contributed by atoms with Crippen molar-refractivity contribution in [1.82, 2.24) is 0 Å². The van der Waals surface area contributed by atoms with Crippen LogP contribution in [0.15, 0.2) is 72.8 Å². The lowest BCUT2D eigenvalue weighted by Crippen LogP contribution is -2.68. The number of benzene rings is 2. The van der Waals surface area contributed by atoms with Crippen LogP contribution in [0.4, 0.5) is 0 Å². The van der Waals surface area contributed by atoms with Crippen LogP contribution in [0.1, 0.15) is 59.8 Å². The van der Waals surface area contributed by atoms with Gasteiger partial charge in [0.25, 0.3) is 8.32 Å². The van der Waals surface area contributed by atoms with E-state index < -0.39 is 8.32 Å². The fraction of sp³-hybridized carbons (Fsp3) is 0.467. The Kier molecular flexibility index (Phi) is 7.77. The van der Waals surface area contributed by atoms with Crippen molar-refractivity contribution in [3.63, 3.8) is 0 Å². The third kappa shape index (κ3) is 5.36. The van der Waals surface area contributed by atoms with Gasteiger partial charge in [-0.2, -0.15) is 0 Å². The van der Waals surface area contributed by atoms with Crippen molar-refractivity contribution in [2.75, 3.05) is 0 Å². The smallest absolute Gasteiger partial charge is 0.306 e. The number of hydrogen-bond donors (Lipinski definition) is 0. The number of cyclic esters (lactones) is 1. The average molecular weight is 491 g/mol. The van der Waals surface area contributed by atoms with Crippen LogP contribution >= 0.6 is 0 Å². The van der Waals surface area contributed by atoms with Gasteiger partial charge in [-0.1, -0.05) is 93.9 Å². The van der Waals surface area contributed by atoms with Gasteiger partial charge < -0.3 is 9.16 Å². The SMILES string of the molecule is C[C@H]1CCCC[C@H]2C(=O)C=C[C@H](O[Si](c3ccccc3)(c3ccccc3)C(C)(C)C)[C@@H]2CC(=O)O1. The zero-order valence-electron chi connectivity index (χ0n) is 21.4. The van der Waals surface area contributed by atoms with Crippen LogP contribution in [-0.2, 0) is 18.8 Å². The van der Waals surface area contributed by atoms with E-state index in [9.17, 15) is 9.59 Å². The molecule has 2 aromatic carbocycles. The maximum Gasteiger partial charge on any atom is 0.306 e. The molecule has 0 spiro atoms. The number of ketones is 1.